The van der Waals surface area contributed by atoms with Gasteiger partial charge in [0.05, 0.1) is 0 Å². The van der Waals surface area contributed by atoms with Gasteiger partial charge in [0.15, 0.2) is 0 Å². The van der Waals surface area contributed by atoms with Gasteiger partial charge in [-0.1, -0.05) is 12.2 Å². The van der Waals surface area contributed by atoms with E-state index < -0.39 is 0 Å². The third-order valence-electron chi connectivity index (χ3n) is 1.35. The Balaban J connectivity index is 2.39. The summed E-state index contributed by atoms with van der Waals surface area (Å²) in [6.45, 7) is 0. The second-order valence-corrected chi connectivity index (χ2v) is 2.09. The van der Waals surface area contributed by atoms with Crippen LogP contribution in [0.25, 0.3) is 0 Å². The largest absolute Gasteiger partial charge is 0.300 e. The number of ketones is 1. The van der Waals surface area contributed by atoms with E-state index in [4.69, 9.17) is 0 Å². The molecule has 0 fully saturated rings. The van der Waals surface area contributed by atoms with Crippen molar-refractivity contribution in [2.75, 3.05) is 0 Å². The number of hydrogen-bond donors (Lipinski definition) is 0. The first kappa shape index (κ1) is 5.54. The summed E-state index contributed by atoms with van der Waals surface area (Å²) in [6, 6.07) is 0. The predicted octanol–water partition coefficient (Wildman–Crippen LogP) is 1.69. The van der Waals surface area contributed by atoms with Crippen molar-refractivity contribution in [3.05, 3.63) is 12.2 Å². The molecular formula is C7H10O. The maximum absolute atomic E-state index is 10.6. The van der Waals surface area contributed by atoms with Crippen molar-refractivity contribution in [1.29, 1.82) is 0 Å². The van der Waals surface area contributed by atoms with Crippen LogP contribution in [0.4, 0.5) is 0 Å². The van der Waals surface area contributed by atoms with Crippen LogP contribution in [-0.4, -0.2) is 5.78 Å². The zero-order valence-electron chi connectivity index (χ0n) is 4.89. The molecule has 1 heteroatoms. The van der Waals surface area contributed by atoms with E-state index in [1.54, 1.807) is 0 Å². The molecule has 8 heavy (non-hydrogen) atoms. The van der Waals surface area contributed by atoms with Crippen molar-refractivity contribution in [2.24, 2.45) is 0 Å². The Morgan fingerprint density at radius 1 is 1.12 bits per heavy atom. The van der Waals surface area contributed by atoms with Gasteiger partial charge in [0, 0.05) is 12.8 Å². The number of rotatable bonds is 0. The van der Waals surface area contributed by atoms with Crippen molar-refractivity contribution in [2.45, 2.75) is 25.7 Å². The van der Waals surface area contributed by atoms with Crippen LogP contribution in [0.2, 0.25) is 0 Å². The molecule has 1 nitrogen and oxygen atoms in total. The first-order valence-electron chi connectivity index (χ1n) is 3.06. The average molecular weight is 110 g/mol. The van der Waals surface area contributed by atoms with E-state index in [-0.39, 0.29) is 0 Å². The zero-order chi connectivity index (χ0) is 5.82. The van der Waals surface area contributed by atoms with Crippen molar-refractivity contribution in [1.82, 2.24) is 0 Å². The monoisotopic (exact) mass is 110 g/mol. The molecule has 0 aliphatic heterocycles. The van der Waals surface area contributed by atoms with Gasteiger partial charge in [-0.15, -0.1) is 0 Å². The Morgan fingerprint density at radius 3 is 2.12 bits per heavy atom. The van der Waals surface area contributed by atoms with E-state index in [2.05, 4.69) is 12.2 Å². The topological polar surface area (TPSA) is 17.1 Å². The van der Waals surface area contributed by atoms with Gasteiger partial charge in [0.25, 0.3) is 0 Å². The van der Waals surface area contributed by atoms with Crippen LogP contribution in [0.3, 0.4) is 0 Å². The molecule has 0 heterocycles. The van der Waals surface area contributed by atoms with E-state index >= 15 is 0 Å². The van der Waals surface area contributed by atoms with E-state index in [0.717, 1.165) is 25.7 Å². The molecule has 0 N–H and O–H groups in total. The minimum Gasteiger partial charge on any atom is -0.300 e. The summed E-state index contributed by atoms with van der Waals surface area (Å²) in [6.07, 6.45) is 7.61. The SMILES string of the molecule is O=C1CCC=CCC1. The van der Waals surface area contributed by atoms with Gasteiger partial charge in [-0.05, 0) is 12.8 Å². The lowest BCUT2D eigenvalue weighted by molar-refractivity contribution is -0.118. The molecule has 0 unspecified atom stereocenters. The first-order valence-corrected chi connectivity index (χ1v) is 3.06. The van der Waals surface area contributed by atoms with Crippen molar-refractivity contribution in [3.8, 4) is 0 Å². The van der Waals surface area contributed by atoms with Gasteiger partial charge < -0.3 is 0 Å². The molecule has 0 atom stereocenters. The van der Waals surface area contributed by atoms with Crippen molar-refractivity contribution in [3.63, 3.8) is 0 Å². The highest BCUT2D eigenvalue weighted by atomic mass is 16.1. The molecule has 1 rings (SSSR count). The van der Waals surface area contributed by atoms with Crippen molar-refractivity contribution < 1.29 is 4.79 Å². The number of carbonyl (C=O) groups is 1. The predicted molar refractivity (Wildman–Crippen MR) is 32.6 cm³/mol. The Kier molecular flexibility index (Phi) is 1.84. The summed E-state index contributed by atoms with van der Waals surface area (Å²) in [5.41, 5.74) is 0. The fraction of sp³-hybridized carbons (Fsp3) is 0.571. The van der Waals surface area contributed by atoms with Crippen LogP contribution in [0.5, 0.6) is 0 Å². The number of hydrogen-bond acceptors (Lipinski definition) is 1. The van der Waals surface area contributed by atoms with Crippen LogP contribution < -0.4 is 0 Å². The summed E-state index contributed by atoms with van der Waals surface area (Å²) in [5, 5.41) is 0. The molecule has 0 saturated heterocycles. The third-order valence-corrected chi connectivity index (χ3v) is 1.35. The van der Waals surface area contributed by atoms with E-state index in [0.29, 0.717) is 5.78 Å². The van der Waals surface area contributed by atoms with Gasteiger partial charge in [-0.3, -0.25) is 4.79 Å². The normalized spacial score (nSPS) is 20.8. The molecule has 1 aliphatic rings. The molecule has 44 valence electrons. The second kappa shape index (κ2) is 2.65. The molecular weight excluding hydrogens is 100 g/mol. The number of carbonyl (C=O) groups excluding carboxylic acids is 1. The molecule has 0 aromatic heterocycles. The molecule has 0 spiro atoms. The highest BCUT2D eigenvalue weighted by Gasteiger charge is 2.00. The average Bonchev–Trinajstić information content (AvgIpc) is 1.94. The zero-order valence-corrected chi connectivity index (χ0v) is 4.89. The Labute approximate surface area is 49.4 Å². The smallest absolute Gasteiger partial charge is 0.133 e. The summed E-state index contributed by atoms with van der Waals surface area (Å²) >= 11 is 0. The quantitative estimate of drug-likeness (QED) is 0.433. The lowest BCUT2D eigenvalue weighted by Gasteiger charge is -1.87. The Morgan fingerprint density at radius 2 is 1.62 bits per heavy atom. The lowest BCUT2D eigenvalue weighted by atomic mass is 10.2. The molecule has 0 aromatic rings. The van der Waals surface area contributed by atoms with Crippen LogP contribution in [0.1, 0.15) is 25.7 Å². The summed E-state index contributed by atoms with van der Waals surface area (Å²) in [4.78, 5) is 10.6. The van der Waals surface area contributed by atoms with Crippen LogP contribution >= 0.6 is 0 Å². The van der Waals surface area contributed by atoms with Crippen LogP contribution in [0, 0.1) is 0 Å². The van der Waals surface area contributed by atoms with Crippen molar-refractivity contribution >= 4 is 5.78 Å². The molecule has 0 amide bonds. The van der Waals surface area contributed by atoms with Gasteiger partial charge in [0.2, 0.25) is 0 Å². The molecule has 0 aromatic carbocycles. The summed E-state index contributed by atoms with van der Waals surface area (Å²) in [7, 11) is 0. The summed E-state index contributed by atoms with van der Waals surface area (Å²) in [5.74, 6) is 0.412. The standard InChI is InChI=1S/C7H10O/c8-7-5-3-1-2-4-6-7/h1-2H,3-6H2. The minimum absolute atomic E-state index is 0.412. The highest BCUT2D eigenvalue weighted by molar-refractivity contribution is 5.78. The van der Waals surface area contributed by atoms with Gasteiger partial charge in [-0.2, -0.15) is 0 Å². The van der Waals surface area contributed by atoms with E-state index in [9.17, 15) is 4.79 Å². The molecule has 0 radical (unpaired) electrons. The second-order valence-electron chi connectivity index (χ2n) is 2.09. The first-order chi connectivity index (χ1) is 3.89. The maximum Gasteiger partial charge on any atom is 0.133 e. The van der Waals surface area contributed by atoms with E-state index in [1.807, 2.05) is 0 Å². The van der Waals surface area contributed by atoms with Gasteiger partial charge in [0.1, 0.15) is 5.78 Å². The van der Waals surface area contributed by atoms with Crippen LogP contribution in [0.15, 0.2) is 12.2 Å². The minimum atomic E-state index is 0.412. The Hall–Kier alpha value is -0.590. The van der Waals surface area contributed by atoms with E-state index in [1.165, 1.54) is 0 Å². The fourth-order valence-electron chi connectivity index (χ4n) is 0.849. The third kappa shape index (κ3) is 1.49. The maximum atomic E-state index is 10.6. The van der Waals surface area contributed by atoms with Crippen LogP contribution in [-0.2, 0) is 4.79 Å². The Bertz CT molecular complexity index is 102. The molecule has 0 saturated carbocycles. The molecule has 0 bridgehead atoms. The number of Topliss-reactive ketones (excluding diaryl/α,β-unsaturated/α-hetero) is 1. The van der Waals surface area contributed by atoms with Gasteiger partial charge in [-0.25, -0.2) is 0 Å². The fourth-order valence-corrected chi connectivity index (χ4v) is 0.849. The number of allylic oxidation sites excluding steroid dienone is 2. The highest BCUT2D eigenvalue weighted by Crippen LogP contribution is 2.05. The molecule has 1 aliphatic carbocycles. The van der Waals surface area contributed by atoms with Gasteiger partial charge >= 0.3 is 0 Å². The summed E-state index contributed by atoms with van der Waals surface area (Å²) < 4.78 is 0. The lowest BCUT2D eigenvalue weighted by Crippen LogP contribution is -1.92.